The molecule has 80 valence electrons. The smallest absolute Gasteiger partial charge is 0.407 e. The van der Waals surface area contributed by atoms with E-state index >= 15 is 0 Å². The highest BCUT2D eigenvalue weighted by atomic mass is 16.6. The van der Waals surface area contributed by atoms with Gasteiger partial charge in [0.2, 0.25) is 0 Å². The Morgan fingerprint density at radius 2 is 1.62 bits per heavy atom. The first kappa shape index (κ1) is 14.8. The van der Waals surface area contributed by atoms with Crippen molar-refractivity contribution in [3.8, 4) is 0 Å². The van der Waals surface area contributed by atoms with Crippen molar-refractivity contribution in [1.82, 2.24) is 5.32 Å². The number of hydrogen-bond donors (Lipinski definition) is 1. The van der Waals surface area contributed by atoms with Gasteiger partial charge in [0, 0.05) is 7.05 Å². The Morgan fingerprint density at radius 3 is 1.69 bits per heavy atom. The quantitative estimate of drug-likeness (QED) is 0.688. The highest BCUT2D eigenvalue weighted by Gasteiger charge is 2.13. The van der Waals surface area contributed by atoms with E-state index in [1.54, 1.807) is 0 Å². The van der Waals surface area contributed by atoms with Crippen LogP contribution < -0.4 is 5.32 Å². The van der Waals surface area contributed by atoms with E-state index in [-0.39, 0.29) is 11.7 Å². The lowest BCUT2D eigenvalue weighted by Crippen LogP contribution is -2.30. The second-order valence-corrected chi connectivity index (χ2v) is 3.75. The van der Waals surface area contributed by atoms with Crippen LogP contribution in [0, 0.1) is 0 Å². The van der Waals surface area contributed by atoms with Crippen LogP contribution in [0.15, 0.2) is 0 Å². The SMILES string of the molecule is CCCC.CNC(=O)OC(C)(C)C. The van der Waals surface area contributed by atoms with Gasteiger partial charge in [-0.15, -0.1) is 0 Å². The van der Waals surface area contributed by atoms with Gasteiger partial charge in [-0.05, 0) is 20.8 Å². The highest BCUT2D eigenvalue weighted by molar-refractivity contribution is 5.67. The van der Waals surface area contributed by atoms with Crippen molar-refractivity contribution < 1.29 is 9.53 Å². The van der Waals surface area contributed by atoms with Crippen LogP contribution in [0.4, 0.5) is 4.79 Å². The lowest BCUT2D eigenvalue weighted by atomic mass is 10.2. The number of carbonyl (C=O) groups is 1. The molecule has 3 heteroatoms. The van der Waals surface area contributed by atoms with Crippen molar-refractivity contribution in [2.45, 2.75) is 53.1 Å². The Morgan fingerprint density at radius 1 is 1.23 bits per heavy atom. The number of amides is 1. The fourth-order valence-corrected chi connectivity index (χ4v) is 0.329. The maximum absolute atomic E-state index is 10.5. The minimum atomic E-state index is -0.389. The summed E-state index contributed by atoms with van der Waals surface area (Å²) in [7, 11) is 1.54. The number of unbranched alkanes of at least 4 members (excludes halogenated alkanes) is 1. The van der Waals surface area contributed by atoms with Crippen LogP contribution in [-0.2, 0) is 4.74 Å². The molecule has 0 radical (unpaired) electrons. The van der Waals surface area contributed by atoms with Gasteiger partial charge in [0.1, 0.15) is 5.60 Å². The zero-order valence-corrected chi connectivity index (χ0v) is 9.73. The molecular weight excluding hydrogens is 166 g/mol. The molecule has 13 heavy (non-hydrogen) atoms. The average Bonchev–Trinajstić information content (AvgIpc) is 2.02. The molecule has 0 aliphatic heterocycles. The van der Waals surface area contributed by atoms with Crippen molar-refractivity contribution in [3.63, 3.8) is 0 Å². The van der Waals surface area contributed by atoms with Crippen molar-refractivity contribution in [2.75, 3.05) is 7.05 Å². The fraction of sp³-hybridized carbons (Fsp3) is 0.900. The van der Waals surface area contributed by atoms with Crippen LogP contribution in [0.3, 0.4) is 0 Å². The first-order valence-electron chi connectivity index (χ1n) is 4.78. The summed E-state index contributed by atoms with van der Waals surface area (Å²) in [4.78, 5) is 10.5. The number of nitrogens with one attached hydrogen (secondary N) is 1. The molecule has 0 rings (SSSR count). The summed E-state index contributed by atoms with van der Waals surface area (Å²) in [5.74, 6) is 0. The molecule has 0 saturated heterocycles. The number of rotatable bonds is 1. The molecule has 0 fully saturated rings. The topological polar surface area (TPSA) is 38.3 Å². The second kappa shape index (κ2) is 7.90. The van der Waals surface area contributed by atoms with E-state index in [0.29, 0.717) is 0 Å². The monoisotopic (exact) mass is 189 g/mol. The van der Waals surface area contributed by atoms with Crippen LogP contribution in [0.1, 0.15) is 47.5 Å². The molecule has 0 aromatic carbocycles. The molecule has 1 amide bonds. The van der Waals surface area contributed by atoms with E-state index in [2.05, 4.69) is 19.2 Å². The van der Waals surface area contributed by atoms with E-state index in [1.165, 1.54) is 19.9 Å². The number of ether oxygens (including phenoxy) is 1. The lowest BCUT2D eigenvalue weighted by molar-refractivity contribution is 0.0541. The first-order valence-corrected chi connectivity index (χ1v) is 4.78. The van der Waals surface area contributed by atoms with E-state index in [4.69, 9.17) is 4.74 Å². The van der Waals surface area contributed by atoms with Gasteiger partial charge in [0.05, 0.1) is 0 Å². The number of alkyl carbamates (subject to hydrolysis) is 1. The summed E-state index contributed by atoms with van der Waals surface area (Å²) in [6.07, 6.45) is 2.25. The van der Waals surface area contributed by atoms with Gasteiger partial charge in [-0.25, -0.2) is 4.79 Å². The van der Waals surface area contributed by atoms with Crippen LogP contribution in [0.25, 0.3) is 0 Å². The van der Waals surface area contributed by atoms with Crippen molar-refractivity contribution in [1.29, 1.82) is 0 Å². The summed E-state index contributed by atoms with van der Waals surface area (Å²) >= 11 is 0. The summed E-state index contributed by atoms with van der Waals surface area (Å²) in [6.45, 7) is 9.83. The average molecular weight is 189 g/mol. The van der Waals surface area contributed by atoms with E-state index in [9.17, 15) is 4.79 Å². The zero-order chi connectivity index (χ0) is 10.9. The maximum atomic E-state index is 10.5. The Kier molecular flexibility index (Phi) is 8.97. The van der Waals surface area contributed by atoms with Crippen LogP contribution >= 0.6 is 0 Å². The van der Waals surface area contributed by atoms with Crippen molar-refractivity contribution in [3.05, 3.63) is 0 Å². The van der Waals surface area contributed by atoms with Gasteiger partial charge in [-0.1, -0.05) is 26.7 Å². The van der Waals surface area contributed by atoms with E-state index < -0.39 is 0 Å². The zero-order valence-electron chi connectivity index (χ0n) is 9.73. The summed E-state index contributed by atoms with van der Waals surface area (Å²) in [6, 6.07) is 0. The Balaban J connectivity index is 0. The van der Waals surface area contributed by atoms with Crippen LogP contribution in [0.5, 0.6) is 0 Å². The molecule has 0 saturated carbocycles. The first-order chi connectivity index (χ1) is 5.87. The van der Waals surface area contributed by atoms with Gasteiger partial charge >= 0.3 is 6.09 Å². The normalized spacial score (nSPS) is 9.69. The summed E-state index contributed by atoms with van der Waals surface area (Å²) < 4.78 is 4.84. The summed E-state index contributed by atoms with van der Waals surface area (Å²) in [5.41, 5.74) is -0.389. The molecule has 0 aromatic rings. The molecule has 0 heterocycles. The molecular formula is C10H23NO2. The lowest BCUT2D eigenvalue weighted by Gasteiger charge is -2.18. The van der Waals surface area contributed by atoms with E-state index in [1.807, 2.05) is 20.8 Å². The Bertz CT molecular complexity index is 125. The van der Waals surface area contributed by atoms with Gasteiger partial charge in [-0.3, -0.25) is 0 Å². The molecule has 1 N–H and O–H groups in total. The third-order valence-corrected chi connectivity index (χ3v) is 1.10. The molecule has 0 aliphatic carbocycles. The molecule has 0 bridgehead atoms. The van der Waals surface area contributed by atoms with E-state index in [0.717, 1.165) is 0 Å². The Labute approximate surface area is 81.9 Å². The molecule has 0 atom stereocenters. The van der Waals surface area contributed by atoms with Crippen LogP contribution in [-0.4, -0.2) is 18.7 Å². The van der Waals surface area contributed by atoms with Gasteiger partial charge in [-0.2, -0.15) is 0 Å². The predicted octanol–water partition coefficient (Wildman–Crippen LogP) is 2.95. The highest BCUT2D eigenvalue weighted by Crippen LogP contribution is 2.05. The molecule has 0 aromatic heterocycles. The molecule has 3 nitrogen and oxygen atoms in total. The number of carbonyl (C=O) groups excluding carboxylic acids is 1. The second-order valence-electron chi connectivity index (χ2n) is 3.75. The minimum absolute atomic E-state index is 0.387. The summed E-state index contributed by atoms with van der Waals surface area (Å²) in [5, 5.41) is 2.36. The molecule has 0 spiro atoms. The molecule has 0 unspecified atom stereocenters. The third kappa shape index (κ3) is 18.3. The van der Waals surface area contributed by atoms with Crippen molar-refractivity contribution >= 4 is 6.09 Å². The van der Waals surface area contributed by atoms with Crippen molar-refractivity contribution in [2.24, 2.45) is 0 Å². The number of hydrogen-bond acceptors (Lipinski definition) is 2. The van der Waals surface area contributed by atoms with Gasteiger partial charge in [0.25, 0.3) is 0 Å². The van der Waals surface area contributed by atoms with Crippen LogP contribution in [0.2, 0.25) is 0 Å². The third-order valence-electron chi connectivity index (χ3n) is 1.10. The molecule has 0 aliphatic rings. The maximum Gasteiger partial charge on any atom is 0.407 e. The standard InChI is InChI=1S/C6H13NO2.C4H10/c1-6(2,3)9-5(8)7-4;1-3-4-2/h1-4H3,(H,7,8);3-4H2,1-2H3. The van der Waals surface area contributed by atoms with Gasteiger partial charge in [0.15, 0.2) is 0 Å². The Hall–Kier alpha value is -0.730. The largest absolute Gasteiger partial charge is 0.444 e. The van der Waals surface area contributed by atoms with Gasteiger partial charge < -0.3 is 10.1 Å². The minimum Gasteiger partial charge on any atom is -0.444 e. The fourth-order valence-electron chi connectivity index (χ4n) is 0.329. The predicted molar refractivity (Wildman–Crippen MR) is 55.9 cm³/mol.